The Bertz CT molecular complexity index is 304. The summed E-state index contributed by atoms with van der Waals surface area (Å²) < 4.78 is 1.76. The van der Waals surface area contributed by atoms with E-state index in [9.17, 15) is 0 Å². The number of aromatic nitrogens is 3. The zero-order valence-corrected chi connectivity index (χ0v) is 6.56. The fourth-order valence-corrected chi connectivity index (χ4v) is 1.37. The van der Waals surface area contributed by atoms with Crippen molar-refractivity contribution < 1.29 is 0 Å². The third-order valence-corrected chi connectivity index (χ3v) is 2.03. The number of hydrogen-bond acceptors (Lipinski definition) is 4. The molecule has 12 heavy (non-hydrogen) atoms. The molecule has 1 fully saturated rings. The van der Waals surface area contributed by atoms with Crippen LogP contribution in [0.4, 0.5) is 0 Å². The SMILES string of the molecule is N#Cc1cn(C2CCNC2)nn1. The molecule has 1 saturated heterocycles. The topological polar surface area (TPSA) is 66.5 Å². The van der Waals surface area contributed by atoms with Crippen LogP contribution in [0.5, 0.6) is 0 Å². The lowest BCUT2D eigenvalue weighted by atomic mass is 10.3. The largest absolute Gasteiger partial charge is 0.315 e. The molecule has 1 aliphatic rings. The van der Waals surface area contributed by atoms with Crippen LogP contribution in [0.2, 0.25) is 0 Å². The van der Waals surface area contributed by atoms with Crippen LogP contribution in [0.1, 0.15) is 18.2 Å². The van der Waals surface area contributed by atoms with Crippen LogP contribution in [0.15, 0.2) is 6.20 Å². The number of nitriles is 1. The van der Waals surface area contributed by atoms with Crippen molar-refractivity contribution in [1.82, 2.24) is 20.3 Å². The lowest BCUT2D eigenvalue weighted by Gasteiger charge is -2.05. The van der Waals surface area contributed by atoms with E-state index in [1.807, 2.05) is 6.07 Å². The van der Waals surface area contributed by atoms with Gasteiger partial charge in [-0.25, -0.2) is 4.68 Å². The van der Waals surface area contributed by atoms with Crippen LogP contribution in [0.25, 0.3) is 0 Å². The van der Waals surface area contributed by atoms with Gasteiger partial charge in [-0.15, -0.1) is 5.10 Å². The van der Waals surface area contributed by atoms with Gasteiger partial charge in [-0.1, -0.05) is 5.21 Å². The minimum absolute atomic E-state index is 0.375. The van der Waals surface area contributed by atoms with Crippen molar-refractivity contribution in [3.8, 4) is 6.07 Å². The van der Waals surface area contributed by atoms with Gasteiger partial charge in [0.05, 0.1) is 12.2 Å². The van der Waals surface area contributed by atoms with E-state index in [1.165, 1.54) is 0 Å². The van der Waals surface area contributed by atoms with Crippen molar-refractivity contribution >= 4 is 0 Å². The molecule has 0 radical (unpaired) electrons. The van der Waals surface area contributed by atoms with Gasteiger partial charge in [-0.2, -0.15) is 5.26 Å². The second kappa shape index (κ2) is 2.91. The van der Waals surface area contributed by atoms with E-state index in [2.05, 4.69) is 15.6 Å². The van der Waals surface area contributed by atoms with Crippen molar-refractivity contribution in [2.24, 2.45) is 0 Å². The Morgan fingerprint density at radius 2 is 2.67 bits per heavy atom. The molecule has 1 N–H and O–H groups in total. The van der Waals surface area contributed by atoms with Gasteiger partial charge in [0.15, 0.2) is 5.69 Å². The lowest BCUT2D eigenvalue weighted by Crippen LogP contribution is -2.13. The molecule has 5 nitrogen and oxygen atoms in total. The van der Waals surface area contributed by atoms with Crippen molar-refractivity contribution in [2.75, 3.05) is 13.1 Å². The monoisotopic (exact) mass is 163 g/mol. The number of nitrogens with one attached hydrogen (secondary N) is 1. The van der Waals surface area contributed by atoms with Crippen LogP contribution in [0, 0.1) is 11.3 Å². The zero-order valence-electron chi connectivity index (χ0n) is 6.56. The van der Waals surface area contributed by atoms with E-state index in [0.717, 1.165) is 19.5 Å². The highest BCUT2D eigenvalue weighted by molar-refractivity contribution is 5.13. The summed E-state index contributed by atoms with van der Waals surface area (Å²) in [5, 5.41) is 19.3. The summed E-state index contributed by atoms with van der Waals surface area (Å²) in [5.74, 6) is 0. The Labute approximate surface area is 70.0 Å². The molecule has 5 heteroatoms. The quantitative estimate of drug-likeness (QED) is 0.616. The molecule has 0 bridgehead atoms. The molecule has 1 unspecified atom stereocenters. The van der Waals surface area contributed by atoms with Crippen molar-refractivity contribution in [1.29, 1.82) is 5.26 Å². The first-order chi connectivity index (χ1) is 5.90. The number of hydrogen-bond donors (Lipinski definition) is 1. The summed E-state index contributed by atoms with van der Waals surface area (Å²) in [4.78, 5) is 0. The van der Waals surface area contributed by atoms with Crippen LogP contribution in [-0.2, 0) is 0 Å². The zero-order chi connectivity index (χ0) is 8.39. The number of nitrogens with zero attached hydrogens (tertiary/aromatic N) is 4. The van der Waals surface area contributed by atoms with E-state index in [1.54, 1.807) is 10.9 Å². The highest BCUT2D eigenvalue weighted by Crippen LogP contribution is 2.12. The fourth-order valence-electron chi connectivity index (χ4n) is 1.37. The van der Waals surface area contributed by atoms with Gasteiger partial charge < -0.3 is 5.32 Å². The predicted molar refractivity (Wildman–Crippen MR) is 41.3 cm³/mol. The predicted octanol–water partition coefficient (Wildman–Crippen LogP) is -0.316. The minimum Gasteiger partial charge on any atom is -0.315 e. The van der Waals surface area contributed by atoms with Crippen LogP contribution in [0.3, 0.4) is 0 Å². The molecule has 0 aromatic carbocycles. The molecule has 1 aromatic rings. The molecule has 2 rings (SSSR count). The maximum absolute atomic E-state index is 8.51. The molecule has 0 amide bonds. The van der Waals surface area contributed by atoms with Crippen LogP contribution < -0.4 is 5.32 Å². The third kappa shape index (κ3) is 1.17. The molecule has 62 valence electrons. The van der Waals surface area contributed by atoms with Crippen molar-refractivity contribution in [3.05, 3.63) is 11.9 Å². The van der Waals surface area contributed by atoms with E-state index in [4.69, 9.17) is 5.26 Å². The molecule has 1 atom stereocenters. The van der Waals surface area contributed by atoms with Gasteiger partial charge in [0.25, 0.3) is 0 Å². The molecule has 0 spiro atoms. The van der Waals surface area contributed by atoms with Gasteiger partial charge in [0, 0.05) is 6.54 Å². The van der Waals surface area contributed by atoms with Crippen molar-refractivity contribution in [2.45, 2.75) is 12.5 Å². The summed E-state index contributed by atoms with van der Waals surface area (Å²) >= 11 is 0. The lowest BCUT2D eigenvalue weighted by molar-refractivity contribution is 0.476. The molecule has 1 aliphatic heterocycles. The maximum Gasteiger partial charge on any atom is 0.182 e. The second-order valence-electron chi connectivity index (χ2n) is 2.84. The Morgan fingerprint density at radius 3 is 3.25 bits per heavy atom. The Hall–Kier alpha value is -1.41. The number of rotatable bonds is 1. The molecule has 0 saturated carbocycles. The summed E-state index contributed by atoms with van der Waals surface area (Å²) in [5.41, 5.74) is 0.391. The molecule has 2 heterocycles. The average Bonchev–Trinajstić information content (AvgIpc) is 2.75. The minimum atomic E-state index is 0.375. The maximum atomic E-state index is 8.51. The molecule has 1 aromatic heterocycles. The summed E-state index contributed by atoms with van der Waals surface area (Å²) in [6.07, 6.45) is 2.76. The summed E-state index contributed by atoms with van der Waals surface area (Å²) in [7, 11) is 0. The van der Waals surface area contributed by atoms with Gasteiger partial charge in [-0.3, -0.25) is 0 Å². The highest BCUT2D eigenvalue weighted by Gasteiger charge is 2.17. The summed E-state index contributed by atoms with van der Waals surface area (Å²) in [6, 6.07) is 2.33. The van der Waals surface area contributed by atoms with E-state index in [0.29, 0.717) is 11.7 Å². The first kappa shape index (κ1) is 7.25. The first-order valence-corrected chi connectivity index (χ1v) is 3.93. The summed E-state index contributed by atoms with van der Waals surface area (Å²) in [6.45, 7) is 1.95. The fraction of sp³-hybridized carbons (Fsp3) is 0.571. The van der Waals surface area contributed by atoms with Gasteiger partial charge in [-0.05, 0) is 13.0 Å². The Kier molecular flexibility index (Phi) is 1.76. The Balaban J connectivity index is 2.17. The molecular weight excluding hydrogens is 154 g/mol. The Morgan fingerprint density at radius 1 is 1.75 bits per heavy atom. The second-order valence-corrected chi connectivity index (χ2v) is 2.84. The van der Waals surface area contributed by atoms with Crippen LogP contribution >= 0.6 is 0 Å². The average molecular weight is 163 g/mol. The standard InChI is InChI=1S/C7H9N5/c8-3-6-5-12(11-10-6)7-1-2-9-4-7/h5,7,9H,1-2,4H2. The molecular formula is C7H9N5. The smallest absolute Gasteiger partial charge is 0.182 e. The van der Waals surface area contributed by atoms with Gasteiger partial charge >= 0.3 is 0 Å². The van der Waals surface area contributed by atoms with Crippen LogP contribution in [-0.4, -0.2) is 28.1 Å². The molecule has 0 aliphatic carbocycles. The van der Waals surface area contributed by atoms with Gasteiger partial charge in [0.1, 0.15) is 6.07 Å². The highest BCUT2D eigenvalue weighted by atomic mass is 15.4. The van der Waals surface area contributed by atoms with E-state index < -0.39 is 0 Å². The normalized spacial score (nSPS) is 22.4. The van der Waals surface area contributed by atoms with Crippen molar-refractivity contribution in [3.63, 3.8) is 0 Å². The van der Waals surface area contributed by atoms with E-state index >= 15 is 0 Å². The van der Waals surface area contributed by atoms with E-state index in [-0.39, 0.29) is 0 Å². The van der Waals surface area contributed by atoms with Gasteiger partial charge in [0.2, 0.25) is 0 Å². The first-order valence-electron chi connectivity index (χ1n) is 3.93. The third-order valence-electron chi connectivity index (χ3n) is 2.03.